The van der Waals surface area contributed by atoms with Gasteiger partial charge in [-0.1, -0.05) is 38.3 Å². The van der Waals surface area contributed by atoms with Gasteiger partial charge in [0.25, 0.3) is 0 Å². The first-order valence-electron chi connectivity index (χ1n) is 4.37. The van der Waals surface area contributed by atoms with E-state index in [1.54, 1.807) is 12.2 Å². The van der Waals surface area contributed by atoms with Crippen molar-refractivity contribution >= 4 is 0 Å². The molecule has 1 aliphatic carbocycles. The Morgan fingerprint density at radius 2 is 1.27 bits per heavy atom. The molecule has 0 aromatic heterocycles. The molecule has 1 rings (SSSR count). The quantitative estimate of drug-likeness (QED) is 0.459. The van der Waals surface area contributed by atoms with Gasteiger partial charge in [0.05, 0.1) is 0 Å². The normalized spacial score (nSPS) is 14.1. The minimum absolute atomic E-state index is 1.06. The molecule has 1 fully saturated rings. The van der Waals surface area contributed by atoms with Gasteiger partial charge in [-0.25, -0.2) is 0 Å². The van der Waals surface area contributed by atoms with Gasteiger partial charge in [-0.3, -0.25) is 0 Å². The lowest BCUT2D eigenvalue weighted by Gasteiger charge is -2.18. The second kappa shape index (κ2) is 12.2. The number of rotatable bonds is 0. The molecule has 1 aliphatic rings. The zero-order valence-corrected chi connectivity index (χ0v) is 8.27. The topological polar surface area (TPSA) is 0 Å². The first-order chi connectivity index (χ1) is 5.22. The van der Waals surface area contributed by atoms with Gasteiger partial charge >= 0.3 is 0 Å². The SMILES string of the molecule is C=CC.C=CC.CC1CCC1. The summed E-state index contributed by atoms with van der Waals surface area (Å²) in [6, 6.07) is 0. The van der Waals surface area contributed by atoms with Crippen molar-refractivity contribution in [3.8, 4) is 0 Å². The molecular formula is C11H22. The molecule has 0 heterocycles. The molecule has 0 bridgehead atoms. The number of hydrogen-bond acceptors (Lipinski definition) is 0. The molecule has 0 aromatic rings. The van der Waals surface area contributed by atoms with Crippen molar-refractivity contribution in [1.82, 2.24) is 0 Å². The highest BCUT2D eigenvalue weighted by atomic mass is 14.1. The first kappa shape index (κ1) is 13.1. The van der Waals surface area contributed by atoms with Crippen LogP contribution in [0, 0.1) is 5.92 Å². The fourth-order valence-electron chi connectivity index (χ4n) is 0.612. The van der Waals surface area contributed by atoms with E-state index in [2.05, 4.69) is 20.1 Å². The van der Waals surface area contributed by atoms with Crippen LogP contribution in [-0.4, -0.2) is 0 Å². The lowest BCUT2D eigenvalue weighted by Crippen LogP contribution is -2.04. The lowest BCUT2D eigenvalue weighted by atomic mass is 9.88. The van der Waals surface area contributed by atoms with Crippen LogP contribution in [0.3, 0.4) is 0 Å². The standard InChI is InChI=1S/C5H10.2C3H6/c1-5-3-2-4-5;2*1-3-2/h5H,2-4H2,1H3;2*3H,1H2,2H3. The van der Waals surface area contributed by atoms with Crippen LogP contribution < -0.4 is 0 Å². The van der Waals surface area contributed by atoms with E-state index in [-0.39, 0.29) is 0 Å². The summed E-state index contributed by atoms with van der Waals surface area (Å²) in [6.07, 6.45) is 7.96. The van der Waals surface area contributed by atoms with E-state index in [4.69, 9.17) is 0 Å². The van der Waals surface area contributed by atoms with Crippen molar-refractivity contribution < 1.29 is 0 Å². The highest BCUT2D eigenvalue weighted by molar-refractivity contribution is 4.62. The molecule has 0 radical (unpaired) electrons. The second-order valence-electron chi connectivity index (χ2n) is 2.85. The summed E-state index contributed by atoms with van der Waals surface area (Å²) in [5.74, 6) is 1.06. The summed E-state index contributed by atoms with van der Waals surface area (Å²) in [7, 11) is 0. The van der Waals surface area contributed by atoms with Crippen molar-refractivity contribution in [1.29, 1.82) is 0 Å². The Hall–Kier alpha value is -0.520. The van der Waals surface area contributed by atoms with Gasteiger partial charge < -0.3 is 0 Å². The molecule has 0 aliphatic heterocycles. The third-order valence-electron chi connectivity index (χ3n) is 1.39. The molecule has 0 unspecified atom stereocenters. The average Bonchev–Trinajstić information content (AvgIpc) is 1.87. The van der Waals surface area contributed by atoms with Crippen LogP contribution >= 0.6 is 0 Å². The predicted octanol–water partition coefficient (Wildman–Crippen LogP) is 4.19. The monoisotopic (exact) mass is 154 g/mol. The third kappa shape index (κ3) is 17.7. The van der Waals surface area contributed by atoms with E-state index in [9.17, 15) is 0 Å². The smallest absolute Gasteiger partial charge is 0.0443 e. The molecule has 66 valence electrons. The van der Waals surface area contributed by atoms with Gasteiger partial charge in [-0.2, -0.15) is 0 Å². The Bertz CT molecular complexity index is 72.0. The van der Waals surface area contributed by atoms with E-state index >= 15 is 0 Å². The van der Waals surface area contributed by atoms with E-state index in [1.165, 1.54) is 19.3 Å². The van der Waals surface area contributed by atoms with Gasteiger partial charge in [0.15, 0.2) is 0 Å². The maximum atomic E-state index is 3.36. The minimum Gasteiger partial charge on any atom is -0.103 e. The van der Waals surface area contributed by atoms with Gasteiger partial charge in [0, 0.05) is 0 Å². The fraction of sp³-hybridized carbons (Fsp3) is 0.636. The third-order valence-corrected chi connectivity index (χ3v) is 1.39. The summed E-state index contributed by atoms with van der Waals surface area (Å²) >= 11 is 0. The molecule has 0 saturated heterocycles. The number of allylic oxidation sites excluding steroid dienone is 2. The van der Waals surface area contributed by atoms with E-state index in [0.29, 0.717) is 0 Å². The average molecular weight is 154 g/mol. The molecular weight excluding hydrogens is 132 g/mol. The predicted molar refractivity (Wildman–Crippen MR) is 54.8 cm³/mol. The minimum atomic E-state index is 1.06. The first-order valence-corrected chi connectivity index (χ1v) is 4.37. The molecule has 11 heavy (non-hydrogen) atoms. The van der Waals surface area contributed by atoms with Crippen LogP contribution in [0.4, 0.5) is 0 Å². The van der Waals surface area contributed by atoms with Gasteiger partial charge in [0.1, 0.15) is 0 Å². The van der Waals surface area contributed by atoms with Crippen LogP contribution in [0.25, 0.3) is 0 Å². The largest absolute Gasteiger partial charge is 0.103 e. The lowest BCUT2D eigenvalue weighted by molar-refractivity contribution is 0.346. The summed E-state index contributed by atoms with van der Waals surface area (Å²) in [6.45, 7) is 12.8. The van der Waals surface area contributed by atoms with Gasteiger partial charge in [0.2, 0.25) is 0 Å². The summed E-state index contributed by atoms with van der Waals surface area (Å²) < 4.78 is 0. The van der Waals surface area contributed by atoms with Crippen LogP contribution in [0.5, 0.6) is 0 Å². The van der Waals surface area contributed by atoms with Crippen LogP contribution in [0.2, 0.25) is 0 Å². The van der Waals surface area contributed by atoms with E-state index in [1.807, 2.05) is 13.8 Å². The molecule has 0 nitrogen and oxygen atoms in total. The van der Waals surface area contributed by atoms with E-state index in [0.717, 1.165) is 5.92 Å². The van der Waals surface area contributed by atoms with Crippen molar-refractivity contribution in [2.45, 2.75) is 40.0 Å². The molecule has 0 amide bonds. The fourth-order valence-corrected chi connectivity index (χ4v) is 0.612. The Morgan fingerprint density at radius 3 is 1.27 bits per heavy atom. The molecule has 0 atom stereocenters. The Balaban J connectivity index is 0. The summed E-state index contributed by atoms with van der Waals surface area (Å²) in [5.41, 5.74) is 0. The van der Waals surface area contributed by atoms with Crippen molar-refractivity contribution in [3.63, 3.8) is 0 Å². The molecule has 1 saturated carbocycles. The Labute approximate surface area is 72.0 Å². The number of hydrogen-bond donors (Lipinski definition) is 0. The summed E-state index contributed by atoms with van der Waals surface area (Å²) in [5, 5.41) is 0. The molecule has 0 heteroatoms. The van der Waals surface area contributed by atoms with Crippen LogP contribution in [-0.2, 0) is 0 Å². The zero-order chi connectivity index (χ0) is 9.11. The van der Waals surface area contributed by atoms with Crippen molar-refractivity contribution in [3.05, 3.63) is 25.3 Å². The molecule has 0 N–H and O–H groups in total. The van der Waals surface area contributed by atoms with Crippen molar-refractivity contribution in [2.24, 2.45) is 5.92 Å². The highest BCUT2D eigenvalue weighted by Crippen LogP contribution is 2.24. The van der Waals surface area contributed by atoms with E-state index < -0.39 is 0 Å². The second-order valence-corrected chi connectivity index (χ2v) is 2.85. The van der Waals surface area contributed by atoms with Crippen LogP contribution in [0.1, 0.15) is 40.0 Å². The maximum absolute atomic E-state index is 3.36. The molecule has 0 aromatic carbocycles. The Morgan fingerprint density at radius 1 is 1.09 bits per heavy atom. The highest BCUT2D eigenvalue weighted by Gasteiger charge is 2.09. The summed E-state index contributed by atoms with van der Waals surface area (Å²) in [4.78, 5) is 0. The van der Waals surface area contributed by atoms with Gasteiger partial charge in [-0.15, -0.1) is 13.2 Å². The Kier molecular flexibility index (Phi) is 14.5. The maximum Gasteiger partial charge on any atom is -0.0443 e. The molecule has 0 spiro atoms. The van der Waals surface area contributed by atoms with Crippen LogP contribution in [0.15, 0.2) is 25.3 Å². The zero-order valence-electron chi connectivity index (χ0n) is 8.27. The van der Waals surface area contributed by atoms with Crippen molar-refractivity contribution in [2.75, 3.05) is 0 Å². The van der Waals surface area contributed by atoms with Gasteiger partial charge in [-0.05, 0) is 19.8 Å².